The van der Waals surface area contributed by atoms with Crippen LogP contribution in [0.25, 0.3) is 0 Å². The molecular weight excluding hydrogens is 200 g/mol. The van der Waals surface area contributed by atoms with E-state index in [1.165, 1.54) is 0 Å². The first-order valence-electron chi connectivity index (χ1n) is 6.01. The Morgan fingerprint density at radius 2 is 1.56 bits per heavy atom. The first-order chi connectivity index (χ1) is 7.33. The second kappa shape index (κ2) is 6.88. The molecule has 0 saturated heterocycles. The number of aliphatic hydroxyl groups excluding tert-OH is 1. The minimum atomic E-state index is 0.139. The molecule has 94 valence electrons. The molecule has 0 saturated carbocycles. The van der Waals surface area contributed by atoms with E-state index >= 15 is 0 Å². The molecule has 0 heterocycles. The average molecular weight is 226 g/mol. The maximum absolute atomic E-state index is 8.91. The van der Waals surface area contributed by atoms with Crippen LogP contribution in [-0.4, -0.2) is 24.8 Å². The molecule has 3 heteroatoms. The normalized spacial score (nSPS) is 12.5. The van der Waals surface area contributed by atoms with Crippen LogP contribution >= 0.6 is 0 Å². The van der Waals surface area contributed by atoms with Crippen LogP contribution in [0.1, 0.15) is 47.0 Å². The number of nitrogens with zero attached hydrogens (tertiary/aromatic N) is 1. The molecule has 0 radical (unpaired) electrons. The quantitative estimate of drug-likeness (QED) is 0.668. The SMILES string of the molecule is CC(C)(CCO)CNCC(C)(C)CCC#N. The third kappa shape index (κ3) is 7.67. The van der Waals surface area contributed by atoms with E-state index in [0.717, 1.165) is 25.9 Å². The summed E-state index contributed by atoms with van der Waals surface area (Å²) >= 11 is 0. The first kappa shape index (κ1) is 15.4. The Kier molecular flexibility index (Phi) is 6.62. The van der Waals surface area contributed by atoms with Gasteiger partial charge in [-0.3, -0.25) is 0 Å². The summed E-state index contributed by atoms with van der Waals surface area (Å²) in [6, 6.07) is 2.19. The van der Waals surface area contributed by atoms with Gasteiger partial charge < -0.3 is 10.4 Å². The molecule has 0 atom stereocenters. The summed E-state index contributed by atoms with van der Waals surface area (Å²) in [4.78, 5) is 0. The van der Waals surface area contributed by atoms with Gasteiger partial charge in [0.15, 0.2) is 0 Å². The molecule has 0 aromatic rings. The van der Waals surface area contributed by atoms with Gasteiger partial charge in [-0.1, -0.05) is 27.7 Å². The lowest BCUT2D eigenvalue weighted by molar-refractivity contribution is 0.199. The number of nitriles is 1. The fraction of sp³-hybridized carbons (Fsp3) is 0.923. The van der Waals surface area contributed by atoms with Gasteiger partial charge in [-0.2, -0.15) is 5.26 Å². The molecule has 2 N–H and O–H groups in total. The van der Waals surface area contributed by atoms with E-state index in [-0.39, 0.29) is 17.4 Å². The Balaban J connectivity index is 3.84. The Bertz CT molecular complexity index is 229. The van der Waals surface area contributed by atoms with Crippen molar-refractivity contribution in [3.8, 4) is 6.07 Å². The minimum Gasteiger partial charge on any atom is -0.396 e. The van der Waals surface area contributed by atoms with Crippen LogP contribution in [0.5, 0.6) is 0 Å². The Morgan fingerprint density at radius 3 is 2.00 bits per heavy atom. The monoisotopic (exact) mass is 226 g/mol. The van der Waals surface area contributed by atoms with Crippen molar-refractivity contribution in [1.82, 2.24) is 5.32 Å². The van der Waals surface area contributed by atoms with Crippen molar-refractivity contribution in [3.63, 3.8) is 0 Å². The van der Waals surface area contributed by atoms with Gasteiger partial charge in [-0.15, -0.1) is 0 Å². The maximum Gasteiger partial charge on any atom is 0.0621 e. The van der Waals surface area contributed by atoms with Crippen molar-refractivity contribution < 1.29 is 5.11 Å². The number of hydrogen-bond acceptors (Lipinski definition) is 3. The van der Waals surface area contributed by atoms with E-state index in [2.05, 4.69) is 39.1 Å². The highest BCUT2D eigenvalue weighted by Crippen LogP contribution is 2.22. The summed E-state index contributed by atoms with van der Waals surface area (Å²) in [7, 11) is 0. The van der Waals surface area contributed by atoms with E-state index in [1.54, 1.807) is 0 Å². The van der Waals surface area contributed by atoms with Gasteiger partial charge in [0, 0.05) is 26.1 Å². The van der Waals surface area contributed by atoms with E-state index < -0.39 is 0 Å². The molecule has 0 aliphatic carbocycles. The highest BCUT2D eigenvalue weighted by Gasteiger charge is 2.20. The van der Waals surface area contributed by atoms with Crippen LogP contribution in [0.4, 0.5) is 0 Å². The molecule has 0 aromatic carbocycles. The van der Waals surface area contributed by atoms with E-state index in [0.29, 0.717) is 6.42 Å². The predicted octanol–water partition coefficient (Wildman–Crippen LogP) is 2.31. The Hall–Kier alpha value is -0.590. The molecule has 0 aromatic heterocycles. The minimum absolute atomic E-state index is 0.139. The zero-order chi connectivity index (χ0) is 12.7. The molecular formula is C13H26N2O. The molecule has 0 unspecified atom stereocenters. The van der Waals surface area contributed by atoms with Crippen molar-refractivity contribution in [2.75, 3.05) is 19.7 Å². The highest BCUT2D eigenvalue weighted by molar-refractivity contribution is 4.80. The molecule has 0 bridgehead atoms. The average Bonchev–Trinajstić information content (AvgIpc) is 2.14. The number of rotatable bonds is 8. The van der Waals surface area contributed by atoms with Crippen LogP contribution in [0.2, 0.25) is 0 Å². The smallest absolute Gasteiger partial charge is 0.0621 e. The summed E-state index contributed by atoms with van der Waals surface area (Å²) in [5.74, 6) is 0. The number of aliphatic hydroxyl groups is 1. The number of nitrogens with one attached hydrogen (secondary N) is 1. The van der Waals surface area contributed by atoms with Crippen LogP contribution < -0.4 is 5.32 Å². The third-order valence-corrected chi connectivity index (χ3v) is 2.91. The molecule has 0 spiro atoms. The highest BCUT2D eigenvalue weighted by atomic mass is 16.3. The topological polar surface area (TPSA) is 56.0 Å². The van der Waals surface area contributed by atoms with Gasteiger partial charge in [-0.05, 0) is 23.7 Å². The summed E-state index contributed by atoms with van der Waals surface area (Å²) in [5.41, 5.74) is 0.311. The summed E-state index contributed by atoms with van der Waals surface area (Å²) in [6.07, 6.45) is 2.37. The van der Waals surface area contributed by atoms with Crippen molar-refractivity contribution in [2.24, 2.45) is 10.8 Å². The second-order valence-electron chi connectivity index (χ2n) is 6.06. The molecule has 0 aliphatic rings. The zero-order valence-corrected chi connectivity index (χ0v) is 11.1. The summed E-state index contributed by atoms with van der Waals surface area (Å²) < 4.78 is 0. The third-order valence-electron chi connectivity index (χ3n) is 2.91. The van der Waals surface area contributed by atoms with Crippen LogP contribution in [-0.2, 0) is 0 Å². The lowest BCUT2D eigenvalue weighted by atomic mass is 9.86. The van der Waals surface area contributed by atoms with Gasteiger partial charge in [-0.25, -0.2) is 0 Å². The van der Waals surface area contributed by atoms with Crippen LogP contribution in [0.3, 0.4) is 0 Å². The predicted molar refractivity (Wildman–Crippen MR) is 67.0 cm³/mol. The van der Waals surface area contributed by atoms with E-state index in [9.17, 15) is 0 Å². The van der Waals surface area contributed by atoms with E-state index in [4.69, 9.17) is 10.4 Å². The molecule has 0 rings (SSSR count). The van der Waals surface area contributed by atoms with Crippen LogP contribution in [0.15, 0.2) is 0 Å². The Labute approximate surface area is 99.9 Å². The van der Waals surface area contributed by atoms with Gasteiger partial charge in [0.05, 0.1) is 6.07 Å². The van der Waals surface area contributed by atoms with Gasteiger partial charge in [0.25, 0.3) is 0 Å². The fourth-order valence-electron chi connectivity index (χ4n) is 1.61. The number of hydrogen-bond donors (Lipinski definition) is 2. The lowest BCUT2D eigenvalue weighted by Crippen LogP contribution is -2.36. The molecule has 16 heavy (non-hydrogen) atoms. The second-order valence-corrected chi connectivity index (χ2v) is 6.06. The summed E-state index contributed by atoms with van der Waals surface area (Å²) in [6.45, 7) is 10.7. The van der Waals surface area contributed by atoms with Crippen molar-refractivity contribution >= 4 is 0 Å². The summed E-state index contributed by atoms with van der Waals surface area (Å²) in [5, 5.41) is 20.9. The van der Waals surface area contributed by atoms with Gasteiger partial charge >= 0.3 is 0 Å². The lowest BCUT2D eigenvalue weighted by Gasteiger charge is -2.29. The van der Waals surface area contributed by atoms with E-state index in [1.807, 2.05) is 0 Å². The Morgan fingerprint density at radius 1 is 1.06 bits per heavy atom. The molecule has 0 amide bonds. The standard InChI is InChI=1S/C13H26N2O/c1-12(2,6-5-8-14)10-15-11-13(3,4)7-9-16/h15-16H,5-7,9-11H2,1-4H3. The van der Waals surface area contributed by atoms with Crippen molar-refractivity contribution in [3.05, 3.63) is 0 Å². The van der Waals surface area contributed by atoms with Crippen molar-refractivity contribution in [2.45, 2.75) is 47.0 Å². The van der Waals surface area contributed by atoms with Gasteiger partial charge in [0.1, 0.15) is 0 Å². The molecule has 0 fully saturated rings. The van der Waals surface area contributed by atoms with Gasteiger partial charge in [0.2, 0.25) is 0 Å². The zero-order valence-electron chi connectivity index (χ0n) is 11.1. The van der Waals surface area contributed by atoms with Crippen LogP contribution in [0, 0.1) is 22.2 Å². The molecule has 3 nitrogen and oxygen atoms in total. The van der Waals surface area contributed by atoms with Crippen molar-refractivity contribution in [1.29, 1.82) is 5.26 Å². The fourth-order valence-corrected chi connectivity index (χ4v) is 1.61. The molecule has 0 aliphatic heterocycles. The largest absolute Gasteiger partial charge is 0.396 e. The maximum atomic E-state index is 8.91. The first-order valence-corrected chi connectivity index (χ1v) is 6.01.